The predicted octanol–water partition coefficient (Wildman–Crippen LogP) is -5.25. The summed E-state index contributed by atoms with van der Waals surface area (Å²) < 4.78 is 0. The van der Waals surface area contributed by atoms with Crippen LogP contribution in [0.2, 0.25) is 0 Å². The number of hydrogen-bond acceptors (Lipinski definition) is 9. The SMILES string of the molecule is CC(O)C(NC(=O)C(CC(=O)O)NC(=O)C(CO)NC(=O)C(N)CCCN=C(N)N)C(=O)O. The molecule has 0 aromatic rings. The first-order valence-electron chi connectivity index (χ1n) is 9.75. The molecule has 0 bridgehead atoms. The standard InChI is InChI=1S/C17H31N7O9/c1-7(26)12(16(32)33)24-14(30)9(5-11(27)28)22-15(31)10(6-25)23-13(29)8(18)3-2-4-21-17(19)20/h7-10,12,25-26H,2-6,18H2,1H3,(H,22,31)(H,23,29)(H,24,30)(H,27,28)(H,32,33)(H4,19,20,21). The van der Waals surface area contributed by atoms with E-state index in [0.717, 1.165) is 6.92 Å². The fourth-order valence-corrected chi connectivity index (χ4v) is 2.42. The highest BCUT2D eigenvalue weighted by Gasteiger charge is 2.32. The molecule has 0 aliphatic heterocycles. The summed E-state index contributed by atoms with van der Waals surface area (Å²) in [6.45, 7) is 0.385. The van der Waals surface area contributed by atoms with Gasteiger partial charge in [0.2, 0.25) is 17.7 Å². The minimum Gasteiger partial charge on any atom is -0.481 e. The molecule has 0 fully saturated rings. The van der Waals surface area contributed by atoms with Gasteiger partial charge in [-0.3, -0.25) is 24.2 Å². The van der Waals surface area contributed by atoms with Gasteiger partial charge in [0.15, 0.2) is 12.0 Å². The van der Waals surface area contributed by atoms with Crippen LogP contribution >= 0.6 is 0 Å². The van der Waals surface area contributed by atoms with Crippen LogP contribution in [0, 0.1) is 0 Å². The van der Waals surface area contributed by atoms with E-state index in [1.54, 1.807) is 0 Å². The van der Waals surface area contributed by atoms with Crippen LogP contribution in [-0.4, -0.2) is 99.5 Å². The number of aliphatic hydroxyl groups is 2. The molecule has 0 aliphatic carbocycles. The van der Waals surface area contributed by atoms with Crippen molar-refractivity contribution in [2.75, 3.05) is 13.2 Å². The normalized spacial score (nSPS) is 15.2. The van der Waals surface area contributed by atoms with E-state index in [4.69, 9.17) is 27.4 Å². The van der Waals surface area contributed by atoms with Crippen LogP contribution in [0.3, 0.4) is 0 Å². The number of guanidine groups is 1. The van der Waals surface area contributed by atoms with E-state index in [2.05, 4.69) is 10.3 Å². The number of carboxylic acids is 2. The highest BCUT2D eigenvalue weighted by Crippen LogP contribution is 2.01. The molecule has 33 heavy (non-hydrogen) atoms. The number of amides is 3. The minimum atomic E-state index is -1.77. The van der Waals surface area contributed by atoms with Crippen LogP contribution in [-0.2, 0) is 24.0 Å². The quantitative estimate of drug-likeness (QED) is 0.0601. The molecule has 0 rings (SSSR count). The molecule has 13 N–H and O–H groups in total. The molecule has 0 radical (unpaired) electrons. The molecule has 0 saturated heterocycles. The Kier molecular flexibility index (Phi) is 13.0. The summed E-state index contributed by atoms with van der Waals surface area (Å²) in [5, 5.41) is 43.0. The van der Waals surface area contributed by atoms with Gasteiger partial charge in [0.1, 0.15) is 12.1 Å². The number of hydrogen-bond donors (Lipinski definition) is 10. The molecule has 0 spiro atoms. The fraction of sp³-hybridized carbons (Fsp3) is 0.647. The van der Waals surface area contributed by atoms with Crippen molar-refractivity contribution in [3.05, 3.63) is 0 Å². The molecular formula is C17H31N7O9. The zero-order valence-corrected chi connectivity index (χ0v) is 17.9. The second kappa shape index (κ2) is 14.5. The van der Waals surface area contributed by atoms with E-state index in [1.807, 2.05) is 10.6 Å². The summed E-state index contributed by atoms with van der Waals surface area (Å²) in [7, 11) is 0. The third kappa shape index (κ3) is 11.6. The maximum Gasteiger partial charge on any atom is 0.328 e. The van der Waals surface area contributed by atoms with E-state index in [9.17, 15) is 34.2 Å². The lowest BCUT2D eigenvalue weighted by molar-refractivity contribution is -0.146. The Morgan fingerprint density at radius 1 is 0.939 bits per heavy atom. The van der Waals surface area contributed by atoms with Gasteiger partial charge in [-0.1, -0.05) is 0 Å². The first kappa shape index (κ1) is 29.5. The molecule has 0 aromatic carbocycles. The molecule has 5 atom stereocenters. The van der Waals surface area contributed by atoms with Gasteiger partial charge in [0, 0.05) is 6.54 Å². The number of aliphatic hydroxyl groups excluding tert-OH is 2. The predicted molar refractivity (Wildman–Crippen MR) is 112 cm³/mol. The number of carbonyl (C=O) groups is 5. The smallest absolute Gasteiger partial charge is 0.328 e. The van der Waals surface area contributed by atoms with Crippen LogP contribution in [0.1, 0.15) is 26.2 Å². The Morgan fingerprint density at radius 3 is 1.94 bits per heavy atom. The van der Waals surface area contributed by atoms with Gasteiger partial charge >= 0.3 is 11.9 Å². The first-order chi connectivity index (χ1) is 15.3. The highest BCUT2D eigenvalue weighted by molar-refractivity contribution is 5.95. The number of aliphatic carboxylic acids is 2. The molecule has 16 heteroatoms. The molecule has 0 saturated carbocycles. The van der Waals surface area contributed by atoms with Crippen molar-refractivity contribution in [3.8, 4) is 0 Å². The van der Waals surface area contributed by atoms with Gasteiger partial charge in [0.25, 0.3) is 0 Å². The number of nitrogens with two attached hydrogens (primary N) is 3. The summed E-state index contributed by atoms with van der Waals surface area (Å²) >= 11 is 0. The molecule has 0 aliphatic rings. The molecule has 0 heterocycles. The average Bonchev–Trinajstić information content (AvgIpc) is 2.70. The third-order valence-corrected chi connectivity index (χ3v) is 4.18. The maximum atomic E-state index is 12.4. The highest BCUT2D eigenvalue weighted by atomic mass is 16.4. The zero-order valence-electron chi connectivity index (χ0n) is 17.9. The van der Waals surface area contributed by atoms with Gasteiger partial charge in [-0.2, -0.15) is 0 Å². The summed E-state index contributed by atoms with van der Waals surface area (Å²) in [5.41, 5.74) is 16.1. The Balaban J connectivity index is 5.14. The molecule has 188 valence electrons. The van der Waals surface area contributed by atoms with Gasteiger partial charge < -0.3 is 53.6 Å². The lowest BCUT2D eigenvalue weighted by atomic mass is 10.1. The van der Waals surface area contributed by atoms with Gasteiger partial charge in [-0.25, -0.2) is 4.79 Å². The van der Waals surface area contributed by atoms with Gasteiger partial charge in [-0.15, -0.1) is 0 Å². The zero-order chi connectivity index (χ0) is 25.7. The first-order valence-corrected chi connectivity index (χ1v) is 9.75. The second-order valence-corrected chi connectivity index (χ2v) is 7.02. The van der Waals surface area contributed by atoms with Crippen molar-refractivity contribution in [1.29, 1.82) is 0 Å². The largest absolute Gasteiger partial charge is 0.481 e. The van der Waals surface area contributed by atoms with Crippen molar-refractivity contribution in [1.82, 2.24) is 16.0 Å². The van der Waals surface area contributed by atoms with E-state index in [-0.39, 0.29) is 18.9 Å². The van der Waals surface area contributed by atoms with Crippen molar-refractivity contribution in [2.24, 2.45) is 22.2 Å². The summed E-state index contributed by atoms with van der Waals surface area (Å²) in [6, 6.07) is -6.20. The Hall–Kier alpha value is -3.50. The van der Waals surface area contributed by atoms with Crippen molar-refractivity contribution < 1.29 is 44.4 Å². The van der Waals surface area contributed by atoms with Crippen LogP contribution in [0.4, 0.5) is 0 Å². The van der Waals surface area contributed by atoms with Crippen molar-refractivity contribution in [2.45, 2.75) is 56.5 Å². The fourth-order valence-electron chi connectivity index (χ4n) is 2.42. The number of nitrogens with zero attached hydrogens (tertiary/aromatic N) is 1. The lowest BCUT2D eigenvalue weighted by Gasteiger charge is -2.24. The number of rotatable bonds is 15. The molecular weight excluding hydrogens is 446 g/mol. The summed E-state index contributed by atoms with van der Waals surface area (Å²) in [5.74, 6) is -6.37. The topological polar surface area (TPSA) is 293 Å². The third-order valence-electron chi connectivity index (χ3n) is 4.18. The van der Waals surface area contributed by atoms with Gasteiger partial charge in [0.05, 0.1) is 25.2 Å². The van der Waals surface area contributed by atoms with Crippen LogP contribution in [0.5, 0.6) is 0 Å². The van der Waals surface area contributed by atoms with Crippen molar-refractivity contribution in [3.63, 3.8) is 0 Å². The summed E-state index contributed by atoms with van der Waals surface area (Å²) in [6.07, 6.45) is -1.98. The lowest BCUT2D eigenvalue weighted by Crippen LogP contribution is -2.59. The monoisotopic (exact) mass is 477 g/mol. The van der Waals surface area contributed by atoms with Crippen LogP contribution in [0.15, 0.2) is 4.99 Å². The Bertz CT molecular complexity index is 740. The molecule has 3 amide bonds. The van der Waals surface area contributed by atoms with Crippen molar-refractivity contribution >= 4 is 35.6 Å². The summed E-state index contributed by atoms with van der Waals surface area (Å²) in [4.78, 5) is 62.8. The molecule has 0 aromatic heterocycles. The number of nitrogens with one attached hydrogen (secondary N) is 3. The number of carboxylic acid groups (broad SMARTS) is 2. The van der Waals surface area contributed by atoms with E-state index >= 15 is 0 Å². The van der Waals surface area contributed by atoms with E-state index in [0.29, 0.717) is 6.42 Å². The average molecular weight is 477 g/mol. The number of carbonyl (C=O) groups excluding carboxylic acids is 3. The molecule has 5 unspecified atom stereocenters. The second-order valence-electron chi connectivity index (χ2n) is 7.02. The molecule has 16 nitrogen and oxygen atoms in total. The minimum absolute atomic E-state index is 0.131. The van der Waals surface area contributed by atoms with Crippen LogP contribution in [0.25, 0.3) is 0 Å². The van der Waals surface area contributed by atoms with Crippen LogP contribution < -0.4 is 33.2 Å². The number of aliphatic imine (C=N–C) groups is 1. The maximum absolute atomic E-state index is 12.4. The van der Waals surface area contributed by atoms with Gasteiger partial charge in [-0.05, 0) is 19.8 Å². The van der Waals surface area contributed by atoms with E-state index in [1.165, 1.54) is 0 Å². The Labute approximate surface area is 188 Å². The van der Waals surface area contributed by atoms with E-state index < -0.39 is 73.0 Å². The Morgan fingerprint density at radius 2 is 1.48 bits per heavy atom.